The topological polar surface area (TPSA) is 77.1 Å². The number of carbonyl (C=O) groups excluding carboxylic acids is 2. The highest BCUT2D eigenvalue weighted by Crippen LogP contribution is 2.34. The van der Waals surface area contributed by atoms with Crippen molar-refractivity contribution in [3.63, 3.8) is 0 Å². The van der Waals surface area contributed by atoms with E-state index in [4.69, 9.17) is 25.8 Å². The summed E-state index contributed by atoms with van der Waals surface area (Å²) >= 11 is 5.56. The maximum atomic E-state index is 12.3. The molecule has 0 aliphatic carbocycles. The van der Waals surface area contributed by atoms with Crippen LogP contribution in [0.15, 0.2) is 12.1 Å². The molecule has 1 aliphatic rings. The standard InChI is InChI=1S/C18H25ClN2O5/c1-18(2,3)26-17(23)21-10-12-8-14(15(24-4)9-13(12)11-21)20-16(22)25-7-5-6-19/h8-9H,5-7,10-11H2,1-4H3,(H,20,22). The molecule has 0 radical (unpaired) electrons. The van der Waals surface area contributed by atoms with Crippen LogP contribution in [-0.4, -0.2) is 42.3 Å². The molecular weight excluding hydrogens is 360 g/mol. The van der Waals surface area contributed by atoms with Crippen LogP contribution in [0.3, 0.4) is 0 Å². The van der Waals surface area contributed by atoms with Crippen LogP contribution < -0.4 is 10.1 Å². The van der Waals surface area contributed by atoms with Crippen molar-refractivity contribution in [1.82, 2.24) is 4.90 Å². The number of rotatable bonds is 5. The second-order valence-electron chi connectivity index (χ2n) is 6.96. The first-order chi connectivity index (χ1) is 12.2. The van der Waals surface area contributed by atoms with Crippen molar-refractivity contribution in [2.45, 2.75) is 45.9 Å². The van der Waals surface area contributed by atoms with Gasteiger partial charge < -0.3 is 14.2 Å². The fourth-order valence-electron chi connectivity index (χ4n) is 2.52. The summed E-state index contributed by atoms with van der Waals surface area (Å²) < 4.78 is 15.8. The van der Waals surface area contributed by atoms with Crippen LogP contribution in [-0.2, 0) is 22.6 Å². The third-order valence-electron chi connectivity index (χ3n) is 3.64. The number of halogens is 1. The average Bonchev–Trinajstić information content (AvgIpc) is 2.95. The Balaban J connectivity index is 2.08. The van der Waals surface area contributed by atoms with Crippen LogP contribution in [0.2, 0.25) is 0 Å². The Morgan fingerprint density at radius 2 is 1.88 bits per heavy atom. The molecule has 0 saturated carbocycles. The van der Waals surface area contributed by atoms with E-state index in [9.17, 15) is 9.59 Å². The highest BCUT2D eigenvalue weighted by Gasteiger charge is 2.29. The molecule has 1 aliphatic heterocycles. The van der Waals surface area contributed by atoms with Gasteiger partial charge in [0, 0.05) is 19.0 Å². The van der Waals surface area contributed by atoms with Gasteiger partial charge in [-0.1, -0.05) is 0 Å². The second kappa shape index (κ2) is 8.49. The van der Waals surface area contributed by atoms with Gasteiger partial charge in [0.05, 0.1) is 19.4 Å². The fraction of sp³-hybridized carbons (Fsp3) is 0.556. The van der Waals surface area contributed by atoms with Gasteiger partial charge in [-0.15, -0.1) is 11.6 Å². The number of amides is 2. The number of ether oxygens (including phenoxy) is 3. The molecule has 0 atom stereocenters. The Morgan fingerprint density at radius 1 is 1.23 bits per heavy atom. The van der Waals surface area contributed by atoms with E-state index in [2.05, 4.69) is 5.32 Å². The van der Waals surface area contributed by atoms with Gasteiger partial charge in [-0.05, 0) is 50.5 Å². The lowest BCUT2D eigenvalue weighted by atomic mass is 10.1. The highest BCUT2D eigenvalue weighted by atomic mass is 35.5. The first kappa shape index (κ1) is 20.2. The molecular formula is C18H25ClN2O5. The monoisotopic (exact) mass is 384 g/mol. The van der Waals surface area contributed by atoms with E-state index < -0.39 is 11.7 Å². The van der Waals surface area contributed by atoms with Crippen LogP contribution in [0.1, 0.15) is 38.3 Å². The third kappa shape index (κ3) is 5.42. The van der Waals surface area contributed by atoms with E-state index in [0.717, 1.165) is 11.1 Å². The molecule has 144 valence electrons. The van der Waals surface area contributed by atoms with Gasteiger partial charge in [0.15, 0.2) is 0 Å². The van der Waals surface area contributed by atoms with E-state index in [0.29, 0.717) is 36.8 Å². The lowest BCUT2D eigenvalue weighted by Gasteiger charge is -2.24. The van der Waals surface area contributed by atoms with E-state index >= 15 is 0 Å². The maximum Gasteiger partial charge on any atom is 0.411 e. The molecule has 2 rings (SSSR count). The summed E-state index contributed by atoms with van der Waals surface area (Å²) in [5, 5.41) is 2.67. The predicted molar refractivity (Wildman–Crippen MR) is 98.8 cm³/mol. The van der Waals surface area contributed by atoms with Crippen LogP contribution >= 0.6 is 11.6 Å². The Morgan fingerprint density at radius 3 is 2.46 bits per heavy atom. The van der Waals surface area contributed by atoms with Gasteiger partial charge in [-0.25, -0.2) is 9.59 Å². The van der Waals surface area contributed by atoms with E-state index in [1.165, 1.54) is 7.11 Å². The van der Waals surface area contributed by atoms with Gasteiger partial charge in [0.25, 0.3) is 0 Å². The summed E-state index contributed by atoms with van der Waals surface area (Å²) in [4.78, 5) is 25.7. The quantitative estimate of drug-likeness (QED) is 0.610. The van der Waals surface area contributed by atoms with Gasteiger partial charge >= 0.3 is 12.2 Å². The summed E-state index contributed by atoms with van der Waals surface area (Å²) in [6, 6.07) is 3.61. The minimum absolute atomic E-state index is 0.245. The smallest absolute Gasteiger partial charge is 0.411 e. The zero-order valence-corrected chi connectivity index (χ0v) is 16.3. The highest BCUT2D eigenvalue weighted by molar-refractivity contribution is 6.17. The average molecular weight is 385 g/mol. The van der Waals surface area contributed by atoms with E-state index in [1.807, 2.05) is 26.8 Å². The van der Waals surface area contributed by atoms with Crippen molar-refractivity contribution < 1.29 is 23.8 Å². The molecule has 0 unspecified atom stereocenters. The molecule has 26 heavy (non-hydrogen) atoms. The van der Waals surface area contributed by atoms with Crippen molar-refractivity contribution in [3.8, 4) is 5.75 Å². The molecule has 0 fully saturated rings. The lowest BCUT2D eigenvalue weighted by molar-refractivity contribution is 0.0241. The molecule has 2 amide bonds. The van der Waals surface area contributed by atoms with Crippen LogP contribution in [0.25, 0.3) is 0 Å². The first-order valence-electron chi connectivity index (χ1n) is 8.41. The second-order valence-corrected chi connectivity index (χ2v) is 7.34. The molecule has 1 aromatic rings. The fourth-order valence-corrected chi connectivity index (χ4v) is 2.62. The van der Waals surface area contributed by atoms with Crippen molar-refractivity contribution in [3.05, 3.63) is 23.3 Å². The SMILES string of the molecule is COc1cc2c(cc1NC(=O)OCCCCl)CN(C(=O)OC(C)(C)C)C2. The number of anilines is 1. The number of nitrogens with one attached hydrogen (secondary N) is 1. The van der Waals surface area contributed by atoms with Gasteiger partial charge in [0.2, 0.25) is 0 Å². The third-order valence-corrected chi connectivity index (χ3v) is 3.91. The Labute approximate surface area is 158 Å². The van der Waals surface area contributed by atoms with Gasteiger partial charge in [0.1, 0.15) is 11.4 Å². The van der Waals surface area contributed by atoms with Crippen molar-refractivity contribution in [2.75, 3.05) is 24.9 Å². The molecule has 1 aromatic carbocycles. The Kier molecular flexibility index (Phi) is 6.58. The minimum Gasteiger partial charge on any atom is -0.495 e. The molecule has 7 nitrogen and oxygen atoms in total. The largest absolute Gasteiger partial charge is 0.495 e. The summed E-state index contributed by atoms with van der Waals surface area (Å²) in [7, 11) is 1.52. The summed E-state index contributed by atoms with van der Waals surface area (Å²) in [5.41, 5.74) is 1.82. The van der Waals surface area contributed by atoms with Crippen molar-refractivity contribution in [2.24, 2.45) is 0 Å². The molecule has 0 bridgehead atoms. The number of hydrogen-bond donors (Lipinski definition) is 1. The van der Waals surface area contributed by atoms with Crippen molar-refractivity contribution in [1.29, 1.82) is 0 Å². The lowest BCUT2D eigenvalue weighted by Crippen LogP contribution is -2.33. The normalized spacial score (nSPS) is 13.2. The predicted octanol–water partition coefficient (Wildman–Crippen LogP) is 4.12. The summed E-state index contributed by atoms with van der Waals surface area (Å²) in [6.45, 7) is 6.57. The summed E-state index contributed by atoms with van der Waals surface area (Å²) in [6.07, 6.45) is -0.362. The number of methoxy groups -OCH3 is 1. The van der Waals surface area contributed by atoms with Crippen LogP contribution in [0.5, 0.6) is 5.75 Å². The molecule has 1 N–H and O–H groups in total. The Bertz CT molecular complexity index is 672. The molecule has 0 saturated heterocycles. The van der Waals surface area contributed by atoms with Crippen molar-refractivity contribution >= 4 is 29.5 Å². The molecule has 0 aromatic heterocycles. The van der Waals surface area contributed by atoms with E-state index in [1.54, 1.807) is 11.0 Å². The first-order valence-corrected chi connectivity index (χ1v) is 8.94. The Hall–Kier alpha value is -2.15. The maximum absolute atomic E-state index is 12.3. The minimum atomic E-state index is -0.574. The zero-order valence-electron chi connectivity index (χ0n) is 15.6. The number of hydrogen-bond acceptors (Lipinski definition) is 5. The number of carbonyl (C=O) groups is 2. The molecule has 0 spiro atoms. The summed E-state index contributed by atoms with van der Waals surface area (Å²) in [5.74, 6) is 0.930. The number of alkyl halides is 1. The molecule has 1 heterocycles. The molecule has 8 heteroatoms. The van der Waals surface area contributed by atoms with Gasteiger partial charge in [-0.3, -0.25) is 10.2 Å². The zero-order chi connectivity index (χ0) is 19.3. The number of fused-ring (bicyclic) bond motifs is 1. The number of benzene rings is 1. The van der Waals surface area contributed by atoms with E-state index in [-0.39, 0.29) is 12.7 Å². The van der Waals surface area contributed by atoms with Crippen LogP contribution in [0.4, 0.5) is 15.3 Å². The number of nitrogens with zero attached hydrogens (tertiary/aromatic N) is 1. The van der Waals surface area contributed by atoms with Crippen LogP contribution in [0, 0.1) is 0 Å². The van der Waals surface area contributed by atoms with Gasteiger partial charge in [-0.2, -0.15) is 0 Å².